The van der Waals surface area contributed by atoms with Gasteiger partial charge in [-0.3, -0.25) is 13.9 Å². The van der Waals surface area contributed by atoms with E-state index in [2.05, 4.69) is 5.32 Å². The third-order valence-electron chi connectivity index (χ3n) is 8.29. The molecule has 5 rings (SSSR count). The van der Waals surface area contributed by atoms with Crippen molar-refractivity contribution < 1.29 is 18.0 Å². The molecule has 1 saturated carbocycles. The predicted octanol–water partition coefficient (Wildman–Crippen LogP) is 5.61. The average molecular weight is 598 g/mol. The lowest BCUT2D eigenvalue weighted by Crippen LogP contribution is -2.54. The number of hydrogen-bond donors (Lipinski definition) is 1. The van der Waals surface area contributed by atoms with E-state index >= 15 is 0 Å². The minimum atomic E-state index is -3.86. The first-order chi connectivity index (χ1) is 20.7. The van der Waals surface area contributed by atoms with Crippen LogP contribution in [0.4, 0.5) is 5.69 Å². The molecule has 0 spiro atoms. The molecule has 4 aromatic carbocycles. The summed E-state index contributed by atoms with van der Waals surface area (Å²) < 4.78 is 27.7. The smallest absolute Gasteiger partial charge is 0.244 e. The molecule has 8 heteroatoms. The molecule has 224 valence electrons. The van der Waals surface area contributed by atoms with Crippen LogP contribution in [0.1, 0.15) is 42.4 Å². The molecule has 1 aliphatic carbocycles. The molecule has 4 aromatic rings. The second kappa shape index (κ2) is 13.4. The maximum absolute atomic E-state index is 14.4. The van der Waals surface area contributed by atoms with Gasteiger partial charge in [0.05, 0.1) is 11.9 Å². The molecule has 0 bridgehead atoms. The summed E-state index contributed by atoms with van der Waals surface area (Å²) in [6, 6.07) is 29.6. The molecule has 1 aliphatic rings. The summed E-state index contributed by atoms with van der Waals surface area (Å²) in [6.45, 7) is 1.72. The van der Waals surface area contributed by atoms with E-state index < -0.39 is 28.5 Å². The summed E-state index contributed by atoms with van der Waals surface area (Å²) in [5, 5.41) is 4.81. The van der Waals surface area contributed by atoms with Crippen LogP contribution in [-0.4, -0.2) is 50.0 Å². The molecule has 43 heavy (non-hydrogen) atoms. The lowest BCUT2D eigenvalue weighted by Gasteiger charge is -2.34. The average Bonchev–Trinajstić information content (AvgIpc) is 3.51. The van der Waals surface area contributed by atoms with E-state index in [-0.39, 0.29) is 18.5 Å². The Morgan fingerprint density at radius 3 is 2.23 bits per heavy atom. The van der Waals surface area contributed by atoms with Gasteiger partial charge in [0.15, 0.2) is 0 Å². The zero-order valence-corrected chi connectivity index (χ0v) is 25.6. The number of nitrogens with zero attached hydrogens (tertiary/aromatic N) is 2. The van der Waals surface area contributed by atoms with Gasteiger partial charge >= 0.3 is 0 Å². The van der Waals surface area contributed by atoms with Crippen molar-refractivity contribution in [2.75, 3.05) is 17.1 Å². The molecule has 7 nitrogen and oxygen atoms in total. The second-order valence-electron chi connectivity index (χ2n) is 11.4. The summed E-state index contributed by atoms with van der Waals surface area (Å²) in [5.41, 5.74) is 3.24. The van der Waals surface area contributed by atoms with Crippen LogP contribution in [0.5, 0.6) is 0 Å². The lowest BCUT2D eigenvalue weighted by molar-refractivity contribution is -0.140. The van der Waals surface area contributed by atoms with Crippen molar-refractivity contribution in [3.8, 4) is 0 Å². The molecule has 0 unspecified atom stereocenters. The van der Waals surface area contributed by atoms with Crippen LogP contribution in [0.15, 0.2) is 97.1 Å². The quantitative estimate of drug-likeness (QED) is 0.243. The van der Waals surface area contributed by atoms with Crippen molar-refractivity contribution in [1.29, 1.82) is 0 Å². The third kappa shape index (κ3) is 7.43. The summed E-state index contributed by atoms with van der Waals surface area (Å²) in [4.78, 5) is 30.0. The van der Waals surface area contributed by atoms with Gasteiger partial charge in [-0.25, -0.2) is 8.42 Å². The maximum Gasteiger partial charge on any atom is 0.244 e. The van der Waals surface area contributed by atoms with Crippen molar-refractivity contribution in [1.82, 2.24) is 10.2 Å². The minimum Gasteiger partial charge on any atom is -0.352 e. The van der Waals surface area contributed by atoms with Crippen molar-refractivity contribution in [2.24, 2.45) is 0 Å². The number of hydrogen-bond acceptors (Lipinski definition) is 4. The number of aryl methyl sites for hydroxylation is 1. The summed E-state index contributed by atoms with van der Waals surface area (Å²) in [5.74, 6) is -0.655. The third-order valence-corrected chi connectivity index (χ3v) is 9.42. The van der Waals surface area contributed by atoms with Gasteiger partial charge in [0.2, 0.25) is 21.8 Å². The van der Waals surface area contributed by atoms with Gasteiger partial charge in [-0.2, -0.15) is 0 Å². The van der Waals surface area contributed by atoms with Gasteiger partial charge in [-0.1, -0.05) is 104 Å². The fraction of sp³-hybridized carbons (Fsp3) is 0.314. The van der Waals surface area contributed by atoms with Crippen LogP contribution in [-0.2, 0) is 32.6 Å². The van der Waals surface area contributed by atoms with Crippen molar-refractivity contribution in [3.05, 3.63) is 114 Å². The molecule has 1 atom stereocenters. The van der Waals surface area contributed by atoms with Crippen LogP contribution in [0.3, 0.4) is 0 Å². The van der Waals surface area contributed by atoms with Gasteiger partial charge in [-0.15, -0.1) is 0 Å². The Kier molecular flexibility index (Phi) is 9.46. The Balaban J connectivity index is 1.55. The highest BCUT2D eigenvalue weighted by molar-refractivity contribution is 7.92. The number of carbonyl (C=O) groups excluding carboxylic acids is 2. The monoisotopic (exact) mass is 597 g/mol. The van der Waals surface area contributed by atoms with Gasteiger partial charge in [0, 0.05) is 24.4 Å². The van der Waals surface area contributed by atoms with E-state index in [4.69, 9.17) is 0 Å². The van der Waals surface area contributed by atoms with Crippen LogP contribution in [0.25, 0.3) is 10.8 Å². The van der Waals surface area contributed by atoms with E-state index in [0.29, 0.717) is 12.1 Å². The number of carbonyl (C=O) groups is 2. The first kappa shape index (κ1) is 30.3. The van der Waals surface area contributed by atoms with Crippen LogP contribution < -0.4 is 9.62 Å². The Bertz CT molecular complexity index is 1680. The fourth-order valence-electron chi connectivity index (χ4n) is 5.91. The topological polar surface area (TPSA) is 86.8 Å². The van der Waals surface area contributed by atoms with Crippen LogP contribution >= 0.6 is 0 Å². The Morgan fingerprint density at radius 2 is 1.51 bits per heavy atom. The number of amides is 2. The van der Waals surface area contributed by atoms with Crippen molar-refractivity contribution in [3.63, 3.8) is 0 Å². The van der Waals surface area contributed by atoms with Gasteiger partial charge in [-0.05, 0) is 47.9 Å². The first-order valence-corrected chi connectivity index (χ1v) is 16.7. The highest BCUT2D eigenvalue weighted by Gasteiger charge is 2.34. The number of sulfonamides is 1. The lowest BCUT2D eigenvalue weighted by atomic mass is 10.0. The summed E-state index contributed by atoms with van der Waals surface area (Å²) in [7, 11) is -3.86. The molecule has 0 heterocycles. The molecule has 1 fully saturated rings. The van der Waals surface area contributed by atoms with Crippen molar-refractivity contribution in [2.45, 2.75) is 57.7 Å². The fourth-order valence-corrected chi connectivity index (χ4v) is 6.77. The van der Waals surface area contributed by atoms with Crippen LogP contribution in [0.2, 0.25) is 0 Å². The summed E-state index contributed by atoms with van der Waals surface area (Å²) >= 11 is 0. The normalized spacial score (nSPS) is 14.4. The number of anilines is 1. The Labute approximate surface area is 254 Å². The zero-order chi connectivity index (χ0) is 30.4. The Hall–Kier alpha value is -4.17. The maximum atomic E-state index is 14.4. The Morgan fingerprint density at radius 1 is 0.860 bits per heavy atom. The van der Waals surface area contributed by atoms with Crippen molar-refractivity contribution >= 4 is 38.3 Å². The standard InChI is InChI=1S/C35H39N3O4S/c1-26-13-6-7-17-29(26)24-37(33(23-27-14-4-3-5-15-27)35(40)36-30-19-9-10-20-30)34(39)25-38(43(2,41)42)32-22-12-18-28-16-8-11-21-31(28)32/h3-8,11-18,21-22,30,33H,9-10,19-20,23-25H2,1-2H3,(H,36,40)/t33-/m1/s1. The summed E-state index contributed by atoms with van der Waals surface area (Å²) in [6.07, 6.45) is 5.38. The molecule has 0 radical (unpaired) electrons. The molecular formula is C35H39N3O4S. The molecule has 1 N–H and O–H groups in total. The predicted molar refractivity (Wildman–Crippen MR) is 172 cm³/mol. The minimum absolute atomic E-state index is 0.0735. The number of fused-ring (bicyclic) bond motifs is 1. The molecular weight excluding hydrogens is 558 g/mol. The van der Waals surface area contributed by atoms with Gasteiger partial charge < -0.3 is 10.2 Å². The second-order valence-corrected chi connectivity index (χ2v) is 13.3. The molecule has 2 amide bonds. The van der Waals surface area contributed by atoms with E-state index in [1.165, 1.54) is 0 Å². The largest absolute Gasteiger partial charge is 0.352 e. The zero-order valence-electron chi connectivity index (χ0n) is 24.8. The van der Waals surface area contributed by atoms with Gasteiger partial charge in [0.1, 0.15) is 12.6 Å². The van der Waals surface area contributed by atoms with Gasteiger partial charge in [0.25, 0.3) is 0 Å². The number of nitrogens with one attached hydrogen (secondary N) is 1. The molecule has 0 aliphatic heterocycles. The highest BCUT2D eigenvalue weighted by atomic mass is 32.2. The first-order valence-electron chi connectivity index (χ1n) is 14.8. The van der Waals surface area contributed by atoms with Crippen LogP contribution in [0, 0.1) is 6.92 Å². The van der Waals surface area contributed by atoms with E-state index in [0.717, 1.165) is 63.7 Å². The van der Waals surface area contributed by atoms with E-state index in [9.17, 15) is 18.0 Å². The number of benzene rings is 4. The molecule has 0 aromatic heterocycles. The SMILES string of the molecule is Cc1ccccc1CN(C(=O)CN(c1cccc2ccccc12)S(C)(=O)=O)[C@H](Cc1ccccc1)C(=O)NC1CCCC1. The highest BCUT2D eigenvalue weighted by Crippen LogP contribution is 2.29. The van der Waals surface area contributed by atoms with E-state index in [1.807, 2.05) is 91.9 Å². The number of rotatable bonds is 11. The molecule has 0 saturated heterocycles. The van der Waals surface area contributed by atoms with E-state index in [1.54, 1.807) is 17.0 Å².